The second-order valence-corrected chi connectivity index (χ2v) is 8.40. The monoisotopic (exact) mass is 368 g/mol. The van der Waals surface area contributed by atoms with Crippen LogP contribution in [0.25, 0.3) is 0 Å². The Hall–Kier alpha value is -1.06. The summed E-state index contributed by atoms with van der Waals surface area (Å²) in [4.78, 5) is 21.4. The van der Waals surface area contributed by atoms with Gasteiger partial charge in [0.05, 0.1) is 11.8 Å². The van der Waals surface area contributed by atoms with Gasteiger partial charge >= 0.3 is 11.9 Å². The molecule has 2 aliphatic carbocycles. The largest absolute Gasteiger partial charge is 0.481 e. The zero-order valence-electron chi connectivity index (χ0n) is 16.9. The molecule has 2 N–H and O–H groups in total. The third kappa shape index (κ3) is 9.05. The Morgan fingerprint density at radius 2 is 0.962 bits per heavy atom. The first-order chi connectivity index (χ1) is 12.5. The quantitative estimate of drug-likeness (QED) is 0.540. The zero-order valence-corrected chi connectivity index (χ0v) is 16.9. The van der Waals surface area contributed by atoms with E-state index in [1.54, 1.807) is 0 Å². The second-order valence-electron chi connectivity index (χ2n) is 8.40. The van der Waals surface area contributed by atoms with Gasteiger partial charge in [-0.15, -0.1) is 0 Å². The van der Waals surface area contributed by atoms with E-state index in [9.17, 15) is 9.59 Å². The molecule has 0 aliphatic heterocycles. The van der Waals surface area contributed by atoms with Crippen molar-refractivity contribution in [1.82, 2.24) is 0 Å². The molecule has 0 aromatic heterocycles. The summed E-state index contributed by atoms with van der Waals surface area (Å²) >= 11 is 0. The molecule has 4 nitrogen and oxygen atoms in total. The van der Waals surface area contributed by atoms with Crippen LogP contribution < -0.4 is 0 Å². The molecule has 0 spiro atoms. The summed E-state index contributed by atoms with van der Waals surface area (Å²) in [5, 5.41) is 17.6. The maximum absolute atomic E-state index is 10.7. The van der Waals surface area contributed by atoms with Gasteiger partial charge in [0.2, 0.25) is 0 Å². The maximum Gasteiger partial charge on any atom is 0.306 e. The van der Waals surface area contributed by atoms with E-state index in [-0.39, 0.29) is 11.8 Å². The molecule has 2 saturated carbocycles. The summed E-state index contributed by atoms with van der Waals surface area (Å²) in [5.74, 6) is 0.365. The normalized spacial score (nSPS) is 28.7. The fraction of sp³-hybridized carbons (Fsp3) is 0.909. The molecule has 152 valence electrons. The Kier molecular flexibility index (Phi) is 11.6. The van der Waals surface area contributed by atoms with Gasteiger partial charge in [-0.1, -0.05) is 52.4 Å². The molecular formula is C22H40O4. The van der Waals surface area contributed by atoms with Crippen LogP contribution in [0, 0.1) is 23.7 Å². The van der Waals surface area contributed by atoms with Crippen molar-refractivity contribution in [3.8, 4) is 0 Å². The molecule has 0 heterocycles. The number of carboxylic acids is 2. The van der Waals surface area contributed by atoms with Crippen molar-refractivity contribution in [3.63, 3.8) is 0 Å². The highest BCUT2D eigenvalue weighted by Gasteiger charge is 2.26. The van der Waals surface area contributed by atoms with Gasteiger partial charge in [-0.05, 0) is 63.2 Å². The number of carbonyl (C=O) groups is 2. The molecule has 2 rings (SSSR count). The molecule has 0 aromatic carbocycles. The van der Waals surface area contributed by atoms with Crippen LogP contribution >= 0.6 is 0 Å². The van der Waals surface area contributed by atoms with Crippen LogP contribution in [0.5, 0.6) is 0 Å². The minimum absolute atomic E-state index is 0.0436. The van der Waals surface area contributed by atoms with Crippen LogP contribution in [0.3, 0.4) is 0 Å². The van der Waals surface area contributed by atoms with Crippen molar-refractivity contribution in [2.75, 3.05) is 0 Å². The van der Waals surface area contributed by atoms with Crippen molar-refractivity contribution < 1.29 is 19.8 Å². The minimum atomic E-state index is -0.589. The summed E-state index contributed by atoms with van der Waals surface area (Å²) in [6.45, 7) is 4.42. The molecule has 4 heteroatoms. The van der Waals surface area contributed by atoms with Gasteiger partial charge < -0.3 is 10.2 Å². The molecule has 0 bridgehead atoms. The molecule has 26 heavy (non-hydrogen) atoms. The third-order valence-electron chi connectivity index (χ3n) is 6.32. The fourth-order valence-electron chi connectivity index (χ4n) is 4.38. The number of hydrogen-bond acceptors (Lipinski definition) is 2. The third-order valence-corrected chi connectivity index (χ3v) is 6.32. The summed E-state index contributed by atoms with van der Waals surface area (Å²) in [6, 6.07) is 0. The van der Waals surface area contributed by atoms with Crippen LogP contribution in [-0.4, -0.2) is 22.2 Å². The van der Waals surface area contributed by atoms with E-state index >= 15 is 0 Å². The molecule has 0 saturated heterocycles. The lowest BCUT2D eigenvalue weighted by Gasteiger charge is -2.25. The average molecular weight is 369 g/mol. The van der Waals surface area contributed by atoms with Crippen molar-refractivity contribution >= 4 is 11.9 Å². The molecule has 2 aliphatic rings. The van der Waals surface area contributed by atoms with Gasteiger partial charge in [0.1, 0.15) is 0 Å². The number of unbranched alkanes of at least 4 members (excludes halogenated alkanes) is 2. The van der Waals surface area contributed by atoms with E-state index in [4.69, 9.17) is 10.2 Å². The van der Waals surface area contributed by atoms with E-state index < -0.39 is 11.9 Å². The van der Waals surface area contributed by atoms with Crippen molar-refractivity contribution in [1.29, 1.82) is 0 Å². The predicted octanol–water partition coefficient (Wildman–Crippen LogP) is 6.14. The van der Waals surface area contributed by atoms with Gasteiger partial charge in [-0.25, -0.2) is 0 Å². The molecule has 0 radical (unpaired) electrons. The summed E-state index contributed by atoms with van der Waals surface area (Å²) in [7, 11) is 0. The van der Waals surface area contributed by atoms with Gasteiger partial charge in [0.25, 0.3) is 0 Å². The van der Waals surface area contributed by atoms with Gasteiger partial charge in [-0.3, -0.25) is 9.59 Å². The topological polar surface area (TPSA) is 74.6 Å². The number of aliphatic carboxylic acids is 2. The number of carboxylic acid groups (broad SMARTS) is 2. The Balaban J connectivity index is 0.000000260. The highest BCUT2D eigenvalue weighted by molar-refractivity contribution is 5.70. The highest BCUT2D eigenvalue weighted by Crippen LogP contribution is 2.32. The van der Waals surface area contributed by atoms with Crippen molar-refractivity contribution in [2.45, 2.75) is 104 Å². The number of hydrogen-bond donors (Lipinski definition) is 2. The van der Waals surface area contributed by atoms with E-state index in [1.165, 1.54) is 38.5 Å². The first kappa shape index (κ1) is 23.0. The average Bonchev–Trinajstić information content (AvgIpc) is 2.66. The summed E-state index contributed by atoms with van der Waals surface area (Å²) in [6.07, 6.45) is 15.9. The predicted molar refractivity (Wildman–Crippen MR) is 105 cm³/mol. The summed E-state index contributed by atoms with van der Waals surface area (Å²) < 4.78 is 0. The molecule has 0 unspecified atom stereocenters. The van der Waals surface area contributed by atoms with E-state index in [0.717, 1.165) is 63.2 Å². The Morgan fingerprint density at radius 1 is 0.654 bits per heavy atom. The van der Waals surface area contributed by atoms with Gasteiger partial charge in [-0.2, -0.15) is 0 Å². The second kappa shape index (κ2) is 13.2. The van der Waals surface area contributed by atoms with Gasteiger partial charge in [0, 0.05) is 0 Å². The van der Waals surface area contributed by atoms with Crippen LogP contribution in [0.15, 0.2) is 0 Å². The highest BCUT2D eigenvalue weighted by atomic mass is 16.4. The molecule has 0 aromatic rings. The first-order valence-corrected chi connectivity index (χ1v) is 10.9. The van der Waals surface area contributed by atoms with Crippen LogP contribution in [0.1, 0.15) is 104 Å². The molecular weight excluding hydrogens is 328 g/mol. The SMILES string of the molecule is CCCCC1CCC(C(=O)O)CC1.CCCCC1CCC(C(=O)O)CC1. The van der Waals surface area contributed by atoms with E-state index in [2.05, 4.69) is 13.8 Å². The Bertz CT molecular complexity index is 353. The van der Waals surface area contributed by atoms with Gasteiger partial charge in [0.15, 0.2) is 0 Å². The lowest BCUT2D eigenvalue weighted by Crippen LogP contribution is -2.21. The lowest BCUT2D eigenvalue weighted by atomic mass is 9.80. The maximum atomic E-state index is 10.7. The first-order valence-electron chi connectivity index (χ1n) is 10.9. The standard InChI is InChI=1S/2C11H20O2/c2*1-2-3-4-9-5-7-10(8-6-9)11(12)13/h2*9-10H,2-8H2,1H3,(H,12,13). The molecule has 0 atom stereocenters. The van der Waals surface area contributed by atoms with Crippen LogP contribution in [-0.2, 0) is 9.59 Å². The molecule has 0 amide bonds. The number of rotatable bonds is 8. The smallest absolute Gasteiger partial charge is 0.306 e. The van der Waals surface area contributed by atoms with Crippen molar-refractivity contribution in [2.24, 2.45) is 23.7 Å². The fourth-order valence-corrected chi connectivity index (χ4v) is 4.38. The molecule has 2 fully saturated rings. The van der Waals surface area contributed by atoms with Crippen molar-refractivity contribution in [3.05, 3.63) is 0 Å². The minimum Gasteiger partial charge on any atom is -0.481 e. The summed E-state index contributed by atoms with van der Waals surface area (Å²) in [5.41, 5.74) is 0. The Morgan fingerprint density at radius 3 is 1.19 bits per heavy atom. The van der Waals surface area contributed by atoms with E-state index in [0.29, 0.717) is 0 Å². The van der Waals surface area contributed by atoms with E-state index in [1.807, 2.05) is 0 Å². The van der Waals surface area contributed by atoms with Crippen LogP contribution in [0.4, 0.5) is 0 Å². The Labute approximate surface area is 159 Å². The zero-order chi connectivity index (χ0) is 19.4. The van der Waals surface area contributed by atoms with Crippen LogP contribution in [0.2, 0.25) is 0 Å². The lowest BCUT2D eigenvalue weighted by molar-refractivity contribution is -0.144.